The Kier molecular flexibility index (Phi) is 10.4. The summed E-state index contributed by atoms with van der Waals surface area (Å²) in [5.41, 5.74) is 6.09. The van der Waals surface area contributed by atoms with E-state index < -0.39 is 0 Å². The van der Waals surface area contributed by atoms with E-state index in [2.05, 4.69) is 104 Å². The molecule has 5 aromatic rings. The van der Waals surface area contributed by atoms with Crippen LogP contribution in [0.2, 0.25) is 0 Å². The SMILES string of the molecule is C=CC(=O)OCCCCC#Cc1ccc2cc(C#Cc3ccc(C#Cc4ccc(OC)c5ccccc45)cc3CC)ccc2c1. The van der Waals surface area contributed by atoms with Gasteiger partial charge in [-0.2, -0.15) is 0 Å². The van der Waals surface area contributed by atoms with Crippen molar-refractivity contribution in [3.8, 4) is 41.3 Å². The highest BCUT2D eigenvalue weighted by Gasteiger charge is 2.05. The molecule has 0 unspecified atom stereocenters. The lowest BCUT2D eigenvalue weighted by Crippen LogP contribution is -2.01. The summed E-state index contributed by atoms with van der Waals surface area (Å²) < 4.78 is 10.5. The van der Waals surface area contributed by atoms with E-state index >= 15 is 0 Å². The van der Waals surface area contributed by atoms with Crippen molar-refractivity contribution >= 4 is 27.5 Å². The van der Waals surface area contributed by atoms with Crippen molar-refractivity contribution in [3.05, 3.63) is 137 Å². The van der Waals surface area contributed by atoms with Crippen LogP contribution in [-0.2, 0) is 16.0 Å². The Hall–Kier alpha value is -5.69. The Balaban J connectivity index is 1.26. The van der Waals surface area contributed by atoms with Crippen LogP contribution in [0, 0.1) is 35.5 Å². The molecule has 5 rings (SSSR count). The second-order valence-corrected chi connectivity index (χ2v) is 10.5. The molecule has 0 bridgehead atoms. The largest absolute Gasteiger partial charge is 0.496 e. The number of rotatable bonds is 7. The lowest BCUT2D eigenvalue weighted by Gasteiger charge is -2.06. The first-order valence-corrected chi connectivity index (χ1v) is 15.1. The van der Waals surface area contributed by atoms with Crippen LogP contribution in [0.15, 0.2) is 104 Å². The van der Waals surface area contributed by atoms with Crippen LogP contribution in [-0.4, -0.2) is 19.7 Å². The Morgan fingerprint density at radius 2 is 1.38 bits per heavy atom. The van der Waals surface area contributed by atoms with Gasteiger partial charge in [-0.3, -0.25) is 0 Å². The van der Waals surface area contributed by atoms with E-state index in [1.165, 1.54) is 11.6 Å². The fourth-order valence-electron chi connectivity index (χ4n) is 5.04. The minimum Gasteiger partial charge on any atom is -0.496 e. The number of ether oxygens (including phenoxy) is 2. The molecule has 45 heavy (non-hydrogen) atoms. The maximum atomic E-state index is 11.1. The summed E-state index contributed by atoms with van der Waals surface area (Å²) in [4.78, 5) is 11.1. The predicted octanol–water partition coefficient (Wildman–Crippen LogP) is 8.61. The van der Waals surface area contributed by atoms with Gasteiger partial charge >= 0.3 is 5.97 Å². The molecule has 0 aliphatic rings. The maximum Gasteiger partial charge on any atom is 0.330 e. The first-order chi connectivity index (χ1) is 22.1. The van der Waals surface area contributed by atoms with E-state index in [1.54, 1.807) is 7.11 Å². The number of unbranched alkanes of at least 4 members (excludes halogenated alkanes) is 2. The van der Waals surface area contributed by atoms with Gasteiger partial charge in [0.05, 0.1) is 13.7 Å². The van der Waals surface area contributed by atoms with E-state index in [1.807, 2.05) is 36.4 Å². The molecule has 0 aromatic heterocycles. The van der Waals surface area contributed by atoms with Crippen molar-refractivity contribution in [2.75, 3.05) is 13.7 Å². The summed E-state index contributed by atoms with van der Waals surface area (Å²) in [6, 6.07) is 30.9. The van der Waals surface area contributed by atoms with Crippen molar-refractivity contribution in [3.63, 3.8) is 0 Å². The number of fused-ring (bicyclic) bond motifs is 2. The molecule has 0 atom stereocenters. The Morgan fingerprint density at radius 3 is 2.09 bits per heavy atom. The molecular weight excluding hydrogens is 552 g/mol. The topological polar surface area (TPSA) is 35.5 Å². The fourth-order valence-corrected chi connectivity index (χ4v) is 5.04. The Labute approximate surface area is 265 Å². The predicted molar refractivity (Wildman–Crippen MR) is 184 cm³/mol. The first-order valence-electron chi connectivity index (χ1n) is 15.1. The maximum absolute atomic E-state index is 11.1. The van der Waals surface area contributed by atoms with Crippen LogP contribution >= 0.6 is 0 Å². The van der Waals surface area contributed by atoms with Crippen LogP contribution in [0.3, 0.4) is 0 Å². The van der Waals surface area contributed by atoms with E-state index in [0.29, 0.717) is 6.61 Å². The highest BCUT2D eigenvalue weighted by atomic mass is 16.5. The summed E-state index contributed by atoms with van der Waals surface area (Å²) in [5.74, 6) is 20.4. The molecule has 5 aromatic carbocycles. The van der Waals surface area contributed by atoms with E-state index in [0.717, 1.165) is 80.8 Å². The van der Waals surface area contributed by atoms with Crippen LogP contribution in [0.25, 0.3) is 21.5 Å². The molecule has 0 fully saturated rings. The Bertz CT molecular complexity index is 2070. The Morgan fingerprint density at radius 1 is 0.733 bits per heavy atom. The van der Waals surface area contributed by atoms with Gasteiger partial charge in [-0.05, 0) is 90.2 Å². The molecular formula is C42H34O3. The zero-order valence-corrected chi connectivity index (χ0v) is 25.7. The highest BCUT2D eigenvalue weighted by Crippen LogP contribution is 2.28. The van der Waals surface area contributed by atoms with E-state index in [9.17, 15) is 4.79 Å². The smallest absolute Gasteiger partial charge is 0.330 e. The monoisotopic (exact) mass is 586 g/mol. The molecule has 0 N–H and O–H groups in total. The number of carbonyl (C=O) groups is 1. The van der Waals surface area contributed by atoms with Gasteiger partial charge in [-0.15, -0.1) is 0 Å². The van der Waals surface area contributed by atoms with Crippen LogP contribution in [0.1, 0.15) is 59.6 Å². The lowest BCUT2D eigenvalue weighted by molar-refractivity contribution is -0.137. The number of carbonyl (C=O) groups excluding carboxylic acids is 1. The molecule has 0 saturated heterocycles. The third-order valence-corrected chi connectivity index (χ3v) is 7.45. The molecule has 3 nitrogen and oxygen atoms in total. The van der Waals surface area contributed by atoms with Gasteiger partial charge < -0.3 is 9.47 Å². The minimum absolute atomic E-state index is 0.382. The number of aryl methyl sites for hydroxylation is 1. The number of esters is 1. The number of benzene rings is 5. The van der Waals surface area contributed by atoms with Crippen LogP contribution in [0.5, 0.6) is 5.75 Å². The molecule has 0 radical (unpaired) electrons. The second kappa shape index (κ2) is 15.2. The van der Waals surface area contributed by atoms with Gasteiger partial charge in [0.15, 0.2) is 0 Å². The highest BCUT2D eigenvalue weighted by molar-refractivity contribution is 5.93. The zero-order chi connectivity index (χ0) is 31.4. The van der Waals surface area contributed by atoms with Gasteiger partial charge in [0.25, 0.3) is 0 Å². The number of hydrogen-bond acceptors (Lipinski definition) is 3. The van der Waals surface area contributed by atoms with E-state index in [-0.39, 0.29) is 5.97 Å². The lowest BCUT2D eigenvalue weighted by atomic mass is 10.0. The van der Waals surface area contributed by atoms with Gasteiger partial charge in [0.1, 0.15) is 5.75 Å². The van der Waals surface area contributed by atoms with Gasteiger partial charge in [0.2, 0.25) is 0 Å². The van der Waals surface area contributed by atoms with E-state index in [4.69, 9.17) is 9.47 Å². The molecule has 0 spiro atoms. The van der Waals surface area contributed by atoms with Crippen LogP contribution in [0.4, 0.5) is 0 Å². The van der Waals surface area contributed by atoms with Gasteiger partial charge in [-0.25, -0.2) is 4.79 Å². The normalized spacial score (nSPS) is 10.1. The summed E-state index contributed by atoms with van der Waals surface area (Å²) in [6.07, 6.45) is 4.47. The summed E-state index contributed by atoms with van der Waals surface area (Å²) in [7, 11) is 1.69. The number of hydrogen-bond donors (Lipinski definition) is 0. The standard InChI is InChI=1S/C42H34O3/c1-4-34-28-32(17-22-36-25-26-41(44-3)40-14-10-9-13-39(36)40)15-20-35(34)21-16-33-19-24-37-29-31(18-23-38(37)30-33)12-8-6-7-11-27-45-42(43)5-2/h5,9-10,13-15,18-20,23-26,28-30H,2,4,6-7,11,27H2,1,3H3. The number of methoxy groups -OCH3 is 1. The van der Waals surface area contributed by atoms with Gasteiger partial charge in [0, 0.05) is 51.1 Å². The minimum atomic E-state index is -0.382. The molecule has 0 amide bonds. The summed E-state index contributed by atoms with van der Waals surface area (Å²) in [5, 5.41) is 4.40. The quantitative estimate of drug-likeness (QED) is 0.0829. The molecule has 0 heterocycles. The zero-order valence-electron chi connectivity index (χ0n) is 25.7. The van der Waals surface area contributed by atoms with Crippen LogP contribution < -0.4 is 4.74 Å². The molecule has 0 aliphatic heterocycles. The summed E-state index contributed by atoms with van der Waals surface area (Å²) in [6.45, 7) is 5.94. The van der Waals surface area contributed by atoms with Gasteiger partial charge in [-0.1, -0.05) is 85.4 Å². The molecule has 0 aliphatic carbocycles. The van der Waals surface area contributed by atoms with Crippen molar-refractivity contribution < 1.29 is 14.3 Å². The van der Waals surface area contributed by atoms with Crippen molar-refractivity contribution in [1.29, 1.82) is 0 Å². The molecule has 220 valence electrons. The third kappa shape index (κ3) is 8.03. The average molecular weight is 587 g/mol. The van der Waals surface area contributed by atoms with Crippen molar-refractivity contribution in [2.45, 2.75) is 32.6 Å². The molecule has 0 saturated carbocycles. The van der Waals surface area contributed by atoms with Crippen molar-refractivity contribution in [2.24, 2.45) is 0 Å². The average Bonchev–Trinajstić information content (AvgIpc) is 3.09. The summed E-state index contributed by atoms with van der Waals surface area (Å²) >= 11 is 0. The second-order valence-electron chi connectivity index (χ2n) is 10.5. The third-order valence-electron chi connectivity index (χ3n) is 7.45. The van der Waals surface area contributed by atoms with Crippen molar-refractivity contribution in [1.82, 2.24) is 0 Å². The fraction of sp³-hybridized carbons (Fsp3) is 0.167. The molecule has 3 heteroatoms. The first kappa shape index (κ1) is 30.8.